The van der Waals surface area contributed by atoms with Crippen molar-refractivity contribution in [1.82, 2.24) is 10.2 Å². The van der Waals surface area contributed by atoms with Crippen LogP contribution in [0.15, 0.2) is 12.2 Å². The molecule has 1 aliphatic carbocycles. The van der Waals surface area contributed by atoms with Gasteiger partial charge in [-0.1, -0.05) is 26.0 Å². The first-order chi connectivity index (χ1) is 10.1. The van der Waals surface area contributed by atoms with Crippen LogP contribution in [0.2, 0.25) is 0 Å². The Morgan fingerprint density at radius 2 is 2.19 bits per heavy atom. The summed E-state index contributed by atoms with van der Waals surface area (Å²) in [6, 6.07) is -0.0549. The zero-order valence-corrected chi connectivity index (χ0v) is 13.3. The van der Waals surface area contributed by atoms with Crippen LogP contribution in [-0.2, 0) is 9.59 Å². The molecule has 21 heavy (non-hydrogen) atoms. The number of carbonyl (C=O) groups is 2. The number of hydrogen-bond acceptors (Lipinski definition) is 2. The van der Waals surface area contributed by atoms with Crippen LogP contribution in [0.4, 0.5) is 0 Å². The third kappa shape index (κ3) is 4.58. The number of nitrogens with zero attached hydrogens (tertiary/aromatic N) is 1. The molecule has 0 bridgehead atoms. The fourth-order valence-corrected chi connectivity index (χ4v) is 3.20. The van der Waals surface area contributed by atoms with Gasteiger partial charge in [0.05, 0.1) is 0 Å². The summed E-state index contributed by atoms with van der Waals surface area (Å²) in [5, 5.41) is 3.16. The maximum atomic E-state index is 12.7. The number of nitrogens with one attached hydrogen (secondary N) is 1. The van der Waals surface area contributed by atoms with Gasteiger partial charge >= 0.3 is 0 Å². The maximum absolute atomic E-state index is 12.7. The highest BCUT2D eigenvalue weighted by molar-refractivity contribution is 5.88. The molecule has 4 heteroatoms. The van der Waals surface area contributed by atoms with Crippen molar-refractivity contribution in [2.75, 3.05) is 6.54 Å². The molecule has 2 amide bonds. The van der Waals surface area contributed by atoms with Crippen molar-refractivity contribution in [3.63, 3.8) is 0 Å². The summed E-state index contributed by atoms with van der Waals surface area (Å²) < 4.78 is 0. The quantitative estimate of drug-likeness (QED) is 0.792. The molecule has 0 aromatic heterocycles. The smallest absolute Gasteiger partial charge is 0.243 e. The molecule has 1 saturated heterocycles. The second-order valence-electron chi connectivity index (χ2n) is 6.68. The van der Waals surface area contributed by atoms with E-state index in [1.54, 1.807) is 0 Å². The van der Waals surface area contributed by atoms with E-state index >= 15 is 0 Å². The van der Waals surface area contributed by atoms with E-state index < -0.39 is 0 Å². The third-order valence-electron chi connectivity index (χ3n) is 4.35. The molecular weight excluding hydrogens is 264 g/mol. The van der Waals surface area contributed by atoms with Crippen LogP contribution >= 0.6 is 0 Å². The van der Waals surface area contributed by atoms with E-state index in [1.807, 2.05) is 4.90 Å². The predicted octanol–water partition coefficient (Wildman–Crippen LogP) is 2.64. The summed E-state index contributed by atoms with van der Waals surface area (Å²) in [7, 11) is 0. The number of rotatable bonds is 5. The van der Waals surface area contributed by atoms with Crippen LogP contribution in [-0.4, -0.2) is 35.3 Å². The van der Waals surface area contributed by atoms with Crippen molar-refractivity contribution < 1.29 is 9.59 Å². The number of allylic oxidation sites excluding steroid dienone is 1. The minimum absolute atomic E-state index is 0.0410. The van der Waals surface area contributed by atoms with Gasteiger partial charge in [0.2, 0.25) is 11.8 Å². The molecule has 0 radical (unpaired) electrons. The molecule has 2 aliphatic rings. The topological polar surface area (TPSA) is 49.4 Å². The molecule has 2 atom stereocenters. The molecule has 0 unspecified atom stereocenters. The van der Waals surface area contributed by atoms with Crippen molar-refractivity contribution in [3.8, 4) is 0 Å². The Bertz CT molecular complexity index is 404. The van der Waals surface area contributed by atoms with E-state index in [2.05, 4.69) is 31.3 Å². The van der Waals surface area contributed by atoms with E-state index in [4.69, 9.17) is 0 Å². The van der Waals surface area contributed by atoms with Crippen LogP contribution in [0.5, 0.6) is 0 Å². The van der Waals surface area contributed by atoms with Crippen molar-refractivity contribution in [3.05, 3.63) is 12.2 Å². The highest BCUT2D eigenvalue weighted by atomic mass is 16.2. The van der Waals surface area contributed by atoms with Crippen molar-refractivity contribution >= 4 is 11.8 Å². The molecular formula is C17H28N2O2. The summed E-state index contributed by atoms with van der Waals surface area (Å²) in [5.41, 5.74) is 0. The highest BCUT2D eigenvalue weighted by Crippen LogP contribution is 2.20. The van der Waals surface area contributed by atoms with E-state index in [9.17, 15) is 9.59 Å². The monoisotopic (exact) mass is 292 g/mol. The van der Waals surface area contributed by atoms with Crippen LogP contribution in [0.25, 0.3) is 0 Å². The largest absolute Gasteiger partial charge is 0.351 e. The molecule has 1 N–H and O–H groups in total. The fourth-order valence-electron chi connectivity index (χ4n) is 3.20. The summed E-state index contributed by atoms with van der Waals surface area (Å²) >= 11 is 0. The molecule has 0 aromatic rings. The minimum Gasteiger partial charge on any atom is -0.351 e. The van der Waals surface area contributed by atoms with Gasteiger partial charge in [0, 0.05) is 19.0 Å². The second kappa shape index (κ2) is 7.62. The Kier molecular flexibility index (Phi) is 5.83. The van der Waals surface area contributed by atoms with Gasteiger partial charge in [0.25, 0.3) is 0 Å². The van der Waals surface area contributed by atoms with E-state index in [0.717, 1.165) is 45.1 Å². The molecule has 118 valence electrons. The SMILES string of the molecule is CC(C)C[C@H](C(=O)N[C@@H]1CC=CCC1)N1CCCCC1=O. The Hall–Kier alpha value is -1.32. The molecule has 1 aliphatic heterocycles. The van der Waals surface area contributed by atoms with Gasteiger partial charge in [-0.3, -0.25) is 9.59 Å². The molecule has 1 heterocycles. The van der Waals surface area contributed by atoms with E-state index in [1.165, 1.54) is 0 Å². The Balaban J connectivity index is 2.01. The molecule has 1 fully saturated rings. The van der Waals surface area contributed by atoms with Gasteiger partial charge < -0.3 is 10.2 Å². The average molecular weight is 292 g/mol. The van der Waals surface area contributed by atoms with Crippen molar-refractivity contribution in [2.24, 2.45) is 5.92 Å². The zero-order chi connectivity index (χ0) is 15.2. The van der Waals surface area contributed by atoms with Crippen molar-refractivity contribution in [1.29, 1.82) is 0 Å². The molecule has 2 rings (SSSR count). The first-order valence-corrected chi connectivity index (χ1v) is 8.32. The lowest BCUT2D eigenvalue weighted by molar-refractivity contribution is -0.143. The normalized spacial score (nSPS) is 24.2. The number of hydrogen-bond donors (Lipinski definition) is 1. The number of carbonyl (C=O) groups excluding carboxylic acids is 2. The molecule has 0 aromatic carbocycles. The van der Waals surface area contributed by atoms with Gasteiger partial charge in [-0.15, -0.1) is 0 Å². The minimum atomic E-state index is -0.288. The fraction of sp³-hybridized carbons (Fsp3) is 0.765. The summed E-state index contributed by atoms with van der Waals surface area (Å²) in [5.74, 6) is 0.589. The van der Waals surface area contributed by atoms with Gasteiger partial charge in [0.1, 0.15) is 6.04 Å². The molecule has 4 nitrogen and oxygen atoms in total. The summed E-state index contributed by atoms with van der Waals surface area (Å²) in [6.07, 6.45) is 10.6. The van der Waals surface area contributed by atoms with Gasteiger partial charge in [0.15, 0.2) is 0 Å². The Labute approximate surface area is 128 Å². The predicted molar refractivity (Wildman–Crippen MR) is 83.7 cm³/mol. The van der Waals surface area contributed by atoms with E-state index in [-0.39, 0.29) is 23.9 Å². The molecule has 0 saturated carbocycles. The van der Waals surface area contributed by atoms with Gasteiger partial charge in [-0.25, -0.2) is 0 Å². The Morgan fingerprint density at radius 1 is 1.38 bits per heavy atom. The second-order valence-corrected chi connectivity index (χ2v) is 6.68. The molecule has 0 spiro atoms. The number of piperidine rings is 1. The first-order valence-electron chi connectivity index (χ1n) is 8.32. The lowest BCUT2D eigenvalue weighted by Gasteiger charge is -2.35. The highest BCUT2D eigenvalue weighted by Gasteiger charge is 2.32. The van der Waals surface area contributed by atoms with E-state index in [0.29, 0.717) is 12.3 Å². The van der Waals surface area contributed by atoms with Crippen LogP contribution in [0.1, 0.15) is 58.8 Å². The van der Waals surface area contributed by atoms with Crippen LogP contribution in [0.3, 0.4) is 0 Å². The first kappa shape index (κ1) is 16.1. The van der Waals surface area contributed by atoms with Crippen LogP contribution < -0.4 is 5.32 Å². The van der Waals surface area contributed by atoms with Gasteiger partial charge in [-0.2, -0.15) is 0 Å². The summed E-state index contributed by atoms with van der Waals surface area (Å²) in [6.45, 7) is 4.95. The Morgan fingerprint density at radius 3 is 2.81 bits per heavy atom. The standard InChI is InChI=1S/C17H28N2O2/c1-13(2)12-15(19-11-7-6-10-16(19)20)17(21)18-14-8-4-3-5-9-14/h3-4,13-15H,5-12H2,1-2H3,(H,18,21)/t14-,15-/m1/s1. The number of likely N-dealkylation sites (tertiary alicyclic amines) is 1. The van der Waals surface area contributed by atoms with Gasteiger partial charge in [-0.05, 0) is 44.4 Å². The lowest BCUT2D eigenvalue weighted by atomic mass is 9.97. The van der Waals surface area contributed by atoms with Crippen molar-refractivity contribution in [2.45, 2.75) is 70.9 Å². The average Bonchev–Trinajstić information content (AvgIpc) is 2.46. The third-order valence-corrected chi connectivity index (χ3v) is 4.35. The maximum Gasteiger partial charge on any atom is 0.243 e. The van der Waals surface area contributed by atoms with Crippen LogP contribution in [0, 0.1) is 5.92 Å². The lowest BCUT2D eigenvalue weighted by Crippen LogP contribution is -2.53. The number of amides is 2. The zero-order valence-electron chi connectivity index (χ0n) is 13.3. The summed E-state index contributed by atoms with van der Waals surface area (Å²) in [4.78, 5) is 26.6.